The minimum Gasteiger partial charge on any atom is -0.387 e. The van der Waals surface area contributed by atoms with Crippen LogP contribution in [0, 0.1) is 11.3 Å². The van der Waals surface area contributed by atoms with E-state index in [1.54, 1.807) is 6.20 Å². The monoisotopic (exact) mass is 468 g/mol. The Morgan fingerprint density at radius 2 is 2.11 bits per heavy atom. The maximum Gasteiger partial charge on any atom is 0.101 e. The molecule has 1 aromatic heterocycles. The van der Waals surface area contributed by atoms with Crippen LogP contribution in [0.25, 0.3) is 10.9 Å². The van der Waals surface area contributed by atoms with Crippen LogP contribution in [0.2, 0.25) is 0 Å². The summed E-state index contributed by atoms with van der Waals surface area (Å²) >= 11 is 0. The second-order valence-corrected chi connectivity index (χ2v) is 10.5. The van der Waals surface area contributed by atoms with Crippen LogP contribution in [0.1, 0.15) is 25.8 Å². The van der Waals surface area contributed by atoms with Crippen LogP contribution < -0.4 is 10.2 Å². The minimum absolute atomic E-state index is 0.381. The predicted octanol–water partition coefficient (Wildman–Crippen LogP) is 2.75. The molecule has 0 radical (unpaired) electrons. The van der Waals surface area contributed by atoms with Crippen molar-refractivity contribution in [2.45, 2.75) is 31.9 Å². The van der Waals surface area contributed by atoms with Gasteiger partial charge < -0.3 is 25.1 Å². The van der Waals surface area contributed by atoms with E-state index in [0.29, 0.717) is 24.7 Å². The Morgan fingerprint density at radius 3 is 2.97 bits per heavy atom. The maximum absolute atomic E-state index is 10.7. The largest absolute Gasteiger partial charge is 0.387 e. The van der Waals surface area contributed by atoms with E-state index in [1.807, 2.05) is 19.1 Å². The molecule has 2 saturated heterocycles. The smallest absolute Gasteiger partial charge is 0.101 e. The van der Waals surface area contributed by atoms with Crippen LogP contribution in [0.3, 0.4) is 0 Å². The topological polar surface area (TPSA) is 78.7 Å². The van der Waals surface area contributed by atoms with Gasteiger partial charge in [0.1, 0.15) is 6.07 Å². The summed E-state index contributed by atoms with van der Waals surface area (Å²) in [7, 11) is 0. The lowest BCUT2D eigenvalue weighted by molar-refractivity contribution is 0.0434. The Morgan fingerprint density at radius 1 is 1.23 bits per heavy atom. The summed E-state index contributed by atoms with van der Waals surface area (Å²) in [5.74, 6) is 0. The first-order valence-electron chi connectivity index (χ1n) is 12.5. The Balaban J connectivity index is 1.31. The average molecular weight is 469 g/mol. The zero-order valence-corrected chi connectivity index (χ0v) is 20.5. The predicted molar refractivity (Wildman–Crippen MR) is 138 cm³/mol. The highest BCUT2D eigenvalue weighted by Gasteiger charge is 2.37. The SMILES string of the molecule is C[C@@H]1CN(c2ccc(C#N)c3ncccc23)CC2=C3CC=C(N4CCNC[C@](C)(O)C4)C=C3CN21. The zero-order valence-electron chi connectivity index (χ0n) is 20.5. The molecule has 1 aromatic carbocycles. The molecule has 0 amide bonds. The van der Waals surface area contributed by atoms with Gasteiger partial charge >= 0.3 is 0 Å². The Hall–Kier alpha value is -3.34. The maximum atomic E-state index is 10.7. The summed E-state index contributed by atoms with van der Waals surface area (Å²) in [4.78, 5) is 11.9. The molecule has 1 aliphatic carbocycles. The van der Waals surface area contributed by atoms with Crippen molar-refractivity contribution < 1.29 is 5.11 Å². The van der Waals surface area contributed by atoms with Crippen molar-refractivity contribution in [3.8, 4) is 6.07 Å². The summed E-state index contributed by atoms with van der Waals surface area (Å²) in [6.07, 6.45) is 7.37. The number of β-amino-alcohol motifs (C(OH)–C–C–N with tert-alkyl or cyclic N) is 1. The van der Waals surface area contributed by atoms with E-state index in [4.69, 9.17) is 0 Å². The van der Waals surface area contributed by atoms with Gasteiger partial charge in [-0.3, -0.25) is 4.98 Å². The first-order valence-corrected chi connectivity index (χ1v) is 12.5. The molecule has 4 aliphatic rings. The fraction of sp³-hybridized carbons (Fsp3) is 0.429. The Kier molecular flexibility index (Phi) is 5.32. The summed E-state index contributed by atoms with van der Waals surface area (Å²) in [6.45, 7) is 10.0. The van der Waals surface area contributed by atoms with E-state index in [1.165, 1.54) is 22.5 Å². The van der Waals surface area contributed by atoms with Crippen LogP contribution in [0.4, 0.5) is 5.69 Å². The van der Waals surface area contributed by atoms with E-state index in [-0.39, 0.29) is 0 Å². The summed E-state index contributed by atoms with van der Waals surface area (Å²) in [5, 5.41) is 24.6. The normalized spacial score (nSPS) is 26.7. The molecule has 4 heterocycles. The molecular weight excluding hydrogens is 436 g/mol. The van der Waals surface area contributed by atoms with E-state index in [0.717, 1.165) is 55.7 Å². The molecule has 7 nitrogen and oxygen atoms in total. The number of rotatable bonds is 2. The van der Waals surface area contributed by atoms with Gasteiger partial charge in [-0.1, -0.05) is 6.08 Å². The van der Waals surface area contributed by atoms with Gasteiger partial charge in [-0.25, -0.2) is 0 Å². The van der Waals surface area contributed by atoms with Gasteiger partial charge in [0.05, 0.1) is 23.2 Å². The molecule has 2 fully saturated rings. The summed E-state index contributed by atoms with van der Waals surface area (Å²) in [6, 6.07) is 10.7. The molecule has 6 rings (SSSR count). The molecule has 180 valence electrons. The Bertz CT molecular complexity index is 1320. The van der Waals surface area contributed by atoms with Gasteiger partial charge in [0, 0.05) is 74.0 Å². The van der Waals surface area contributed by atoms with E-state index >= 15 is 0 Å². The van der Waals surface area contributed by atoms with Gasteiger partial charge in [0.25, 0.3) is 0 Å². The number of hydrogen-bond donors (Lipinski definition) is 2. The molecule has 0 unspecified atom stereocenters. The Labute approximate surface area is 206 Å². The molecule has 3 aliphatic heterocycles. The number of nitriles is 1. The third kappa shape index (κ3) is 3.87. The van der Waals surface area contributed by atoms with Crippen LogP contribution in [0.5, 0.6) is 0 Å². The molecule has 0 spiro atoms. The fourth-order valence-corrected chi connectivity index (χ4v) is 6.10. The number of allylic oxidation sites excluding steroid dienone is 2. The van der Waals surface area contributed by atoms with Crippen molar-refractivity contribution >= 4 is 16.6 Å². The van der Waals surface area contributed by atoms with Crippen LogP contribution in [-0.4, -0.2) is 77.3 Å². The first-order chi connectivity index (χ1) is 16.9. The summed E-state index contributed by atoms with van der Waals surface area (Å²) in [5.41, 5.74) is 7.33. The molecular formula is C28H32N6O. The zero-order chi connectivity index (χ0) is 24.2. The molecule has 35 heavy (non-hydrogen) atoms. The van der Waals surface area contributed by atoms with Crippen molar-refractivity contribution in [2.75, 3.05) is 50.7 Å². The highest BCUT2D eigenvalue weighted by Crippen LogP contribution is 2.41. The lowest BCUT2D eigenvalue weighted by atomic mass is 9.96. The number of fused-ring (bicyclic) bond motifs is 3. The molecule has 7 heteroatoms. The van der Waals surface area contributed by atoms with Crippen molar-refractivity contribution in [2.24, 2.45) is 0 Å². The number of nitrogens with zero attached hydrogens (tertiary/aromatic N) is 5. The van der Waals surface area contributed by atoms with E-state index in [9.17, 15) is 10.4 Å². The highest BCUT2D eigenvalue weighted by atomic mass is 16.3. The van der Waals surface area contributed by atoms with Crippen LogP contribution >= 0.6 is 0 Å². The number of piperazine rings is 1. The highest BCUT2D eigenvalue weighted by molar-refractivity contribution is 5.95. The number of hydrogen-bond acceptors (Lipinski definition) is 7. The quantitative estimate of drug-likeness (QED) is 0.702. The van der Waals surface area contributed by atoms with Gasteiger partial charge in [0.2, 0.25) is 0 Å². The van der Waals surface area contributed by atoms with Gasteiger partial charge in [0.15, 0.2) is 0 Å². The molecule has 0 bridgehead atoms. The number of nitrogens with one attached hydrogen (secondary N) is 1. The lowest BCUT2D eigenvalue weighted by Gasteiger charge is -2.42. The van der Waals surface area contributed by atoms with E-state index < -0.39 is 5.60 Å². The molecule has 2 N–H and O–H groups in total. The van der Waals surface area contributed by atoms with Crippen molar-refractivity contribution in [3.05, 3.63) is 70.7 Å². The van der Waals surface area contributed by atoms with Crippen molar-refractivity contribution in [1.82, 2.24) is 20.1 Å². The minimum atomic E-state index is -0.727. The number of benzene rings is 1. The molecule has 2 aromatic rings. The third-order valence-electron chi connectivity index (χ3n) is 7.79. The second-order valence-electron chi connectivity index (χ2n) is 10.5. The second kappa shape index (κ2) is 8.40. The van der Waals surface area contributed by atoms with Crippen molar-refractivity contribution in [1.29, 1.82) is 5.26 Å². The van der Waals surface area contributed by atoms with E-state index in [2.05, 4.69) is 62.3 Å². The van der Waals surface area contributed by atoms with Crippen LogP contribution in [0.15, 0.2) is 65.2 Å². The summed E-state index contributed by atoms with van der Waals surface area (Å²) < 4.78 is 0. The number of pyridine rings is 1. The number of aliphatic hydroxyl groups is 1. The van der Waals surface area contributed by atoms with Crippen molar-refractivity contribution in [3.63, 3.8) is 0 Å². The third-order valence-corrected chi connectivity index (χ3v) is 7.79. The van der Waals surface area contributed by atoms with Gasteiger partial charge in [-0.15, -0.1) is 0 Å². The fourth-order valence-electron chi connectivity index (χ4n) is 6.10. The standard InChI is InChI=1S/C28H32N6O/c1-19-14-33(25-8-5-20(13-29)27-24(25)4-3-9-31-27)16-26-23-7-6-22(12-21(23)15-34(19)26)32-11-10-30-17-28(2,35)18-32/h3-6,8-9,12,19,30,35H,7,10-11,14-18H2,1-2H3/t19-,28+/m1/s1. The first kappa shape index (κ1) is 22.1. The number of anilines is 1. The molecule has 0 saturated carbocycles. The van der Waals surface area contributed by atoms with Gasteiger partial charge in [-0.2, -0.15) is 5.26 Å². The number of aromatic nitrogens is 1. The van der Waals surface area contributed by atoms with Gasteiger partial charge in [-0.05, 0) is 61.8 Å². The average Bonchev–Trinajstić information content (AvgIpc) is 3.13. The molecule has 2 atom stereocenters. The van der Waals surface area contributed by atoms with Crippen LogP contribution in [-0.2, 0) is 0 Å². The lowest BCUT2D eigenvalue weighted by Crippen LogP contribution is -2.49.